The van der Waals surface area contributed by atoms with Gasteiger partial charge in [0.1, 0.15) is 0 Å². The predicted octanol–water partition coefficient (Wildman–Crippen LogP) is 1.03. The van der Waals surface area contributed by atoms with Crippen LogP contribution in [0.5, 0.6) is 0 Å². The number of aromatic amines is 1. The van der Waals surface area contributed by atoms with Gasteiger partial charge in [-0.2, -0.15) is 0 Å². The molecule has 84 valence electrons. The van der Waals surface area contributed by atoms with E-state index >= 15 is 0 Å². The fourth-order valence-corrected chi connectivity index (χ4v) is 1.67. The minimum Gasteiger partial charge on any atom is -0.391 e. The largest absolute Gasteiger partial charge is 0.391 e. The predicted molar refractivity (Wildman–Crippen MR) is 61.3 cm³/mol. The number of hydrogen-bond acceptors (Lipinski definition) is 2. The summed E-state index contributed by atoms with van der Waals surface area (Å²) in [5, 5.41) is 11.7. The third-order valence-electron chi connectivity index (χ3n) is 2.51. The number of benzene rings is 1. The molecule has 2 rings (SSSR count). The molecule has 4 nitrogen and oxygen atoms in total. The maximum Gasteiger partial charge on any atom is 0.272 e. The van der Waals surface area contributed by atoms with Gasteiger partial charge >= 0.3 is 0 Å². The summed E-state index contributed by atoms with van der Waals surface area (Å²) in [5.74, 6) is 0. The van der Waals surface area contributed by atoms with Crippen molar-refractivity contribution < 1.29 is 5.11 Å². The number of aryl methyl sites for hydroxylation is 1. The maximum atomic E-state index is 11.7. The fourth-order valence-electron chi connectivity index (χ4n) is 1.67. The minimum absolute atomic E-state index is 0.163. The standard InChI is InChI=1S/C12H14N2O2/c1-9-3-2-4-10(5-9)7-14-12(16)11(8-15)6-13-14/h2-6,13,15H,7-8H2,1H3. The Morgan fingerprint density at radius 3 is 2.88 bits per heavy atom. The lowest BCUT2D eigenvalue weighted by Crippen LogP contribution is -2.19. The van der Waals surface area contributed by atoms with E-state index in [4.69, 9.17) is 5.11 Å². The van der Waals surface area contributed by atoms with Crippen molar-refractivity contribution in [1.29, 1.82) is 0 Å². The van der Waals surface area contributed by atoms with E-state index in [2.05, 4.69) is 5.10 Å². The lowest BCUT2D eigenvalue weighted by atomic mass is 10.1. The van der Waals surface area contributed by atoms with E-state index in [9.17, 15) is 4.79 Å². The SMILES string of the molecule is Cc1cccc(Cn2[nH]cc(CO)c2=O)c1. The molecule has 1 aromatic heterocycles. The van der Waals surface area contributed by atoms with Gasteiger partial charge in [-0.05, 0) is 12.5 Å². The topological polar surface area (TPSA) is 58.0 Å². The number of hydrogen-bond donors (Lipinski definition) is 2. The second kappa shape index (κ2) is 4.37. The van der Waals surface area contributed by atoms with Crippen molar-refractivity contribution in [3.05, 3.63) is 57.5 Å². The zero-order chi connectivity index (χ0) is 11.5. The first-order valence-electron chi connectivity index (χ1n) is 5.14. The van der Waals surface area contributed by atoms with Gasteiger partial charge in [-0.25, -0.2) is 4.68 Å². The lowest BCUT2D eigenvalue weighted by Gasteiger charge is -2.02. The molecule has 0 spiro atoms. The summed E-state index contributed by atoms with van der Waals surface area (Å²) in [6.45, 7) is 2.29. The fraction of sp³-hybridized carbons (Fsp3) is 0.250. The molecule has 0 atom stereocenters. The molecule has 0 bridgehead atoms. The molecule has 0 fully saturated rings. The Labute approximate surface area is 93.1 Å². The third-order valence-corrected chi connectivity index (χ3v) is 2.51. The molecule has 16 heavy (non-hydrogen) atoms. The Kier molecular flexibility index (Phi) is 2.92. The van der Waals surface area contributed by atoms with Crippen LogP contribution in [-0.2, 0) is 13.2 Å². The summed E-state index contributed by atoms with van der Waals surface area (Å²) in [6, 6.07) is 7.98. The molecule has 0 aliphatic heterocycles. The van der Waals surface area contributed by atoms with E-state index in [0.717, 1.165) is 5.56 Å². The molecule has 1 heterocycles. The Morgan fingerprint density at radius 2 is 2.25 bits per heavy atom. The highest BCUT2D eigenvalue weighted by Gasteiger charge is 2.04. The number of rotatable bonds is 3. The third kappa shape index (κ3) is 2.06. The first-order chi connectivity index (χ1) is 7.70. The quantitative estimate of drug-likeness (QED) is 0.808. The van der Waals surface area contributed by atoms with Crippen LogP contribution in [-0.4, -0.2) is 14.9 Å². The zero-order valence-electron chi connectivity index (χ0n) is 9.10. The van der Waals surface area contributed by atoms with Crippen LogP contribution in [0.25, 0.3) is 0 Å². The zero-order valence-corrected chi connectivity index (χ0v) is 9.10. The van der Waals surface area contributed by atoms with Gasteiger partial charge in [0.15, 0.2) is 0 Å². The molecule has 0 unspecified atom stereocenters. The molecule has 1 aromatic carbocycles. The summed E-state index contributed by atoms with van der Waals surface area (Å²) < 4.78 is 1.49. The summed E-state index contributed by atoms with van der Waals surface area (Å²) >= 11 is 0. The molecule has 2 N–H and O–H groups in total. The van der Waals surface area contributed by atoms with Crippen LogP contribution in [0.1, 0.15) is 16.7 Å². The summed E-state index contributed by atoms with van der Waals surface area (Å²) in [4.78, 5) is 11.7. The van der Waals surface area contributed by atoms with Crippen LogP contribution >= 0.6 is 0 Å². The van der Waals surface area contributed by atoms with Gasteiger partial charge in [0, 0.05) is 6.20 Å². The van der Waals surface area contributed by atoms with Crippen LogP contribution in [0, 0.1) is 6.92 Å². The van der Waals surface area contributed by atoms with Crippen molar-refractivity contribution in [3.8, 4) is 0 Å². The van der Waals surface area contributed by atoms with Crippen molar-refractivity contribution >= 4 is 0 Å². The van der Waals surface area contributed by atoms with E-state index in [1.807, 2.05) is 31.2 Å². The molecular weight excluding hydrogens is 204 g/mol. The van der Waals surface area contributed by atoms with E-state index in [-0.39, 0.29) is 12.2 Å². The molecule has 0 amide bonds. The number of H-pyrrole nitrogens is 1. The van der Waals surface area contributed by atoms with Crippen molar-refractivity contribution in [2.24, 2.45) is 0 Å². The Morgan fingerprint density at radius 1 is 1.44 bits per heavy atom. The monoisotopic (exact) mass is 218 g/mol. The highest BCUT2D eigenvalue weighted by molar-refractivity contribution is 5.22. The van der Waals surface area contributed by atoms with Crippen molar-refractivity contribution in [2.75, 3.05) is 0 Å². The van der Waals surface area contributed by atoms with Crippen LogP contribution in [0.15, 0.2) is 35.3 Å². The lowest BCUT2D eigenvalue weighted by molar-refractivity contribution is 0.280. The Hall–Kier alpha value is -1.81. The van der Waals surface area contributed by atoms with Gasteiger partial charge in [-0.1, -0.05) is 29.8 Å². The van der Waals surface area contributed by atoms with Gasteiger partial charge in [-0.3, -0.25) is 4.79 Å². The smallest absolute Gasteiger partial charge is 0.272 e. The van der Waals surface area contributed by atoms with E-state index in [1.54, 1.807) is 0 Å². The van der Waals surface area contributed by atoms with Crippen molar-refractivity contribution in [3.63, 3.8) is 0 Å². The highest BCUT2D eigenvalue weighted by atomic mass is 16.3. The average Bonchev–Trinajstić information content (AvgIpc) is 2.60. The molecule has 4 heteroatoms. The van der Waals surface area contributed by atoms with Crippen molar-refractivity contribution in [1.82, 2.24) is 9.78 Å². The molecular formula is C12H14N2O2. The number of aliphatic hydroxyl groups excluding tert-OH is 1. The molecule has 2 aromatic rings. The number of nitrogens with zero attached hydrogens (tertiary/aromatic N) is 1. The maximum absolute atomic E-state index is 11.7. The van der Waals surface area contributed by atoms with Crippen LogP contribution in [0.4, 0.5) is 0 Å². The summed E-state index contributed by atoms with van der Waals surface area (Å²) in [7, 11) is 0. The van der Waals surface area contributed by atoms with E-state index in [1.165, 1.54) is 16.4 Å². The molecule has 0 aliphatic rings. The van der Waals surface area contributed by atoms with Crippen LogP contribution in [0.3, 0.4) is 0 Å². The van der Waals surface area contributed by atoms with Crippen molar-refractivity contribution in [2.45, 2.75) is 20.1 Å². The van der Waals surface area contributed by atoms with E-state index in [0.29, 0.717) is 12.1 Å². The van der Waals surface area contributed by atoms with Gasteiger partial charge < -0.3 is 10.2 Å². The Bertz CT molecular complexity index is 540. The first kappa shape index (κ1) is 10.7. The van der Waals surface area contributed by atoms with E-state index < -0.39 is 0 Å². The average molecular weight is 218 g/mol. The van der Waals surface area contributed by atoms with Gasteiger partial charge in [-0.15, -0.1) is 0 Å². The number of aliphatic hydroxyl groups is 1. The van der Waals surface area contributed by atoms with Crippen LogP contribution < -0.4 is 5.56 Å². The number of aromatic nitrogens is 2. The highest BCUT2D eigenvalue weighted by Crippen LogP contribution is 2.04. The van der Waals surface area contributed by atoms with Gasteiger partial charge in [0.25, 0.3) is 5.56 Å². The Balaban J connectivity index is 2.27. The molecule has 0 saturated heterocycles. The summed E-state index contributed by atoms with van der Waals surface area (Å²) in [6.07, 6.45) is 1.54. The summed E-state index contributed by atoms with van der Waals surface area (Å²) in [5.41, 5.74) is 2.46. The second-order valence-corrected chi connectivity index (χ2v) is 3.84. The second-order valence-electron chi connectivity index (χ2n) is 3.84. The number of nitrogens with one attached hydrogen (secondary N) is 1. The molecule has 0 aliphatic carbocycles. The molecule has 0 radical (unpaired) electrons. The molecule has 0 saturated carbocycles. The van der Waals surface area contributed by atoms with Gasteiger partial charge in [0.05, 0.1) is 18.7 Å². The minimum atomic E-state index is -0.226. The normalized spacial score (nSPS) is 10.6. The van der Waals surface area contributed by atoms with Crippen LogP contribution in [0.2, 0.25) is 0 Å². The van der Waals surface area contributed by atoms with Gasteiger partial charge in [0.2, 0.25) is 0 Å². The first-order valence-corrected chi connectivity index (χ1v) is 5.14.